The van der Waals surface area contributed by atoms with Crippen LogP contribution in [0.5, 0.6) is 0 Å². The molecule has 0 bridgehead atoms. The van der Waals surface area contributed by atoms with Crippen molar-refractivity contribution in [2.45, 2.75) is 49.7 Å². The Morgan fingerprint density at radius 2 is 1.23 bits per heavy atom. The summed E-state index contributed by atoms with van der Waals surface area (Å²) in [4.78, 5) is 2.40. The molecule has 3 aromatic carbocycles. The predicted molar refractivity (Wildman–Crippen MR) is 124 cm³/mol. The quantitative estimate of drug-likeness (QED) is 0.524. The fraction of sp³-hybridized carbons (Fsp3) is 0.357. The Bertz CT molecular complexity index is 1010. The number of rotatable bonds is 5. The van der Waals surface area contributed by atoms with Gasteiger partial charge in [-0.05, 0) is 44.5 Å². The maximum atomic E-state index is 6.92. The van der Waals surface area contributed by atoms with Crippen LogP contribution in [0.2, 0.25) is 0 Å². The van der Waals surface area contributed by atoms with Gasteiger partial charge in [-0.2, -0.15) is 0 Å². The number of hydrogen-bond acceptors (Lipinski definition) is 3. The molecule has 2 heterocycles. The normalized spacial score (nSPS) is 29.0. The molecule has 0 saturated carbocycles. The summed E-state index contributed by atoms with van der Waals surface area (Å²) in [5.74, 6) is 0. The third-order valence-corrected chi connectivity index (χ3v) is 7.49. The third-order valence-electron chi connectivity index (χ3n) is 7.49. The van der Waals surface area contributed by atoms with Crippen molar-refractivity contribution in [2.75, 3.05) is 13.7 Å². The van der Waals surface area contributed by atoms with Crippen LogP contribution in [0.3, 0.4) is 0 Å². The van der Waals surface area contributed by atoms with Gasteiger partial charge >= 0.3 is 0 Å². The van der Waals surface area contributed by atoms with Gasteiger partial charge in [0.05, 0.1) is 6.61 Å². The Kier molecular flexibility index (Phi) is 4.63. The van der Waals surface area contributed by atoms with E-state index < -0.39 is 16.9 Å². The van der Waals surface area contributed by atoms with E-state index in [-0.39, 0.29) is 5.54 Å². The van der Waals surface area contributed by atoms with Crippen LogP contribution < -0.4 is 0 Å². The van der Waals surface area contributed by atoms with Gasteiger partial charge in [0.25, 0.3) is 0 Å². The van der Waals surface area contributed by atoms with E-state index in [1.807, 2.05) is 0 Å². The lowest BCUT2D eigenvalue weighted by molar-refractivity contribution is -0.129. The molecular formula is C28H31NO2. The van der Waals surface area contributed by atoms with Crippen LogP contribution in [0.1, 0.15) is 37.5 Å². The lowest BCUT2D eigenvalue weighted by Gasteiger charge is -2.44. The molecule has 2 saturated heterocycles. The van der Waals surface area contributed by atoms with Crippen LogP contribution in [0, 0.1) is 0 Å². The van der Waals surface area contributed by atoms with Gasteiger partial charge in [0.2, 0.25) is 0 Å². The lowest BCUT2D eigenvalue weighted by Crippen LogP contribution is -2.61. The van der Waals surface area contributed by atoms with E-state index in [9.17, 15) is 0 Å². The maximum Gasteiger partial charge on any atom is 0.158 e. The molecule has 3 heteroatoms. The predicted octanol–water partition coefficient (Wildman–Crippen LogP) is 5.40. The molecule has 31 heavy (non-hydrogen) atoms. The Morgan fingerprint density at radius 3 is 1.68 bits per heavy atom. The average Bonchev–Trinajstić information content (AvgIpc) is 3.39. The molecule has 2 aliphatic heterocycles. The second-order valence-corrected chi connectivity index (χ2v) is 9.66. The number of benzene rings is 3. The molecule has 2 fully saturated rings. The summed E-state index contributed by atoms with van der Waals surface area (Å²) in [6.07, 6.45) is 0.756. The summed E-state index contributed by atoms with van der Waals surface area (Å²) in [5, 5.41) is 0. The van der Waals surface area contributed by atoms with Crippen LogP contribution in [0.25, 0.3) is 0 Å². The zero-order chi connectivity index (χ0) is 21.7. The van der Waals surface area contributed by atoms with Gasteiger partial charge in [-0.3, -0.25) is 4.90 Å². The second-order valence-electron chi connectivity index (χ2n) is 9.66. The average molecular weight is 414 g/mol. The minimum atomic E-state index is -0.608. The van der Waals surface area contributed by atoms with Crippen molar-refractivity contribution in [3.63, 3.8) is 0 Å². The third kappa shape index (κ3) is 2.84. The Labute approximate surface area is 185 Å². The lowest BCUT2D eigenvalue weighted by atomic mass is 9.73. The first-order chi connectivity index (χ1) is 14.9. The monoisotopic (exact) mass is 413 g/mol. The highest BCUT2D eigenvalue weighted by atomic mass is 16.7. The molecule has 2 atom stereocenters. The first-order valence-electron chi connectivity index (χ1n) is 11.1. The first kappa shape index (κ1) is 20.4. The van der Waals surface area contributed by atoms with E-state index in [0.29, 0.717) is 6.61 Å². The van der Waals surface area contributed by atoms with E-state index in [4.69, 9.17) is 9.47 Å². The molecule has 0 radical (unpaired) electrons. The number of nitrogens with zero attached hydrogens (tertiary/aromatic N) is 1. The van der Waals surface area contributed by atoms with E-state index in [1.165, 1.54) is 5.56 Å². The molecule has 0 spiro atoms. The second kappa shape index (κ2) is 7.03. The molecule has 5 rings (SSSR count). The summed E-state index contributed by atoms with van der Waals surface area (Å²) in [5.41, 5.74) is 1.74. The number of ether oxygens (including phenoxy) is 2. The van der Waals surface area contributed by atoms with Crippen LogP contribution in [0.4, 0.5) is 0 Å². The van der Waals surface area contributed by atoms with Crippen molar-refractivity contribution >= 4 is 0 Å². The highest BCUT2D eigenvalue weighted by molar-refractivity contribution is 5.49. The molecule has 160 valence electrons. The zero-order valence-electron chi connectivity index (χ0n) is 18.8. The van der Waals surface area contributed by atoms with Gasteiger partial charge < -0.3 is 9.47 Å². The molecule has 3 nitrogen and oxygen atoms in total. The number of likely N-dealkylation sites (N-methyl/N-ethyl adjacent to an activating group) is 1. The van der Waals surface area contributed by atoms with Crippen LogP contribution in [-0.4, -0.2) is 35.4 Å². The highest BCUT2D eigenvalue weighted by Crippen LogP contribution is 2.67. The minimum Gasteiger partial charge on any atom is -0.355 e. The van der Waals surface area contributed by atoms with Gasteiger partial charge in [-0.25, -0.2) is 0 Å². The van der Waals surface area contributed by atoms with Gasteiger partial charge in [-0.15, -0.1) is 0 Å². The van der Waals surface area contributed by atoms with Crippen molar-refractivity contribution in [1.82, 2.24) is 4.90 Å². The standard InChI is InChI=1S/C28H31NO2/c1-25(2)21-30-27(29(25)4,20-22-14-8-5-9-15-22)26(3)28(31-26,23-16-10-6-11-17-23)24-18-12-7-13-19-24/h5-19H,20-21H2,1-4H3. The fourth-order valence-corrected chi connectivity index (χ4v) is 5.46. The van der Waals surface area contributed by atoms with Crippen molar-refractivity contribution in [2.24, 2.45) is 0 Å². The highest BCUT2D eigenvalue weighted by Gasteiger charge is 2.81. The Balaban J connectivity index is 1.69. The van der Waals surface area contributed by atoms with Crippen molar-refractivity contribution < 1.29 is 9.47 Å². The number of hydrogen-bond donors (Lipinski definition) is 0. The first-order valence-corrected chi connectivity index (χ1v) is 11.1. The smallest absolute Gasteiger partial charge is 0.158 e. The minimum absolute atomic E-state index is 0.0944. The van der Waals surface area contributed by atoms with Gasteiger partial charge in [0.1, 0.15) is 5.60 Å². The summed E-state index contributed by atoms with van der Waals surface area (Å²) in [7, 11) is 2.18. The van der Waals surface area contributed by atoms with Gasteiger partial charge in [0, 0.05) is 12.0 Å². The molecule has 2 aliphatic rings. The van der Waals surface area contributed by atoms with Crippen molar-refractivity contribution in [3.05, 3.63) is 108 Å². The van der Waals surface area contributed by atoms with Crippen molar-refractivity contribution in [3.8, 4) is 0 Å². The van der Waals surface area contributed by atoms with Crippen molar-refractivity contribution in [1.29, 1.82) is 0 Å². The SMILES string of the molecule is CN1C(C)(C)COC1(Cc1ccccc1)C1(C)OC1(c1ccccc1)c1ccccc1. The van der Waals surface area contributed by atoms with Crippen LogP contribution in [0.15, 0.2) is 91.0 Å². The molecule has 3 aromatic rings. The van der Waals surface area contributed by atoms with Gasteiger partial charge in [0.15, 0.2) is 11.3 Å². The Morgan fingerprint density at radius 1 is 0.742 bits per heavy atom. The topological polar surface area (TPSA) is 25.0 Å². The van der Waals surface area contributed by atoms with Crippen LogP contribution in [-0.2, 0) is 21.5 Å². The Hall–Kier alpha value is -2.46. The maximum absolute atomic E-state index is 6.92. The van der Waals surface area contributed by atoms with E-state index in [2.05, 4.69) is 124 Å². The summed E-state index contributed by atoms with van der Waals surface area (Å²) in [6, 6.07) is 31.8. The summed E-state index contributed by atoms with van der Waals surface area (Å²) in [6.45, 7) is 7.39. The molecule has 0 aromatic heterocycles. The van der Waals surface area contributed by atoms with E-state index in [1.54, 1.807) is 0 Å². The van der Waals surface area contributed by atoms with Gasteiger partial charge in [-0.1, -0.05) is 91.0 Å². The molecule has 0 N–H and O–H groups in total. The van der Waals surface area contributed by atoms with E-state index in [0.717, 1.165) is 17.5 Å². The zero-order valence-corrected chi connectivity index (χ0v) is 18.8. The molecular weight excluding hydrogens is 382 g/mol. The number of epoxide rings is 1. The van der Waals surface area contributed by atoms with E-state index >= 15 is 0 Å². The summed E-state index contributed by atoms with van der Waals surface area (Å²) < 4.78 is 13.7. The molecule has 2 unspecified atom stereocenters. The molecule has 0 aliphatic carbocycles. The van der Waals surface area contributed by atoms with Crippen LogP contribution >= 0.6 is 0 Å². The summed E-state index contributed by atoms with van der Waals surface area (Å²) >= 11 is 0. The fourth-order valence-electron chi connectivity index (χ4n) is 5.46. The largest absolute Gasteiger partial charge is 0.355 e. The molecule has 0 amide bonds.